The van der Waals surface area contributed by atoms with E-state index in [2.05, 4.69) is 26.1 Å². The first-order valence-electron chi connectivity index (χ1n) is 4.46. The highest BCUT2D eigenvalue weighted by molar-refractivity contribution is 4.76. The zero-order valence-corrected chi connectivity index (χ0v) is 7.81. The number of rotatable bonds is 1. The number of hydrogen-bond donors (Lipinski definition) is 1. The van der Waals surface area contributed by atoms with E-state index in [1.54, 1.807) is 0 Å². The summed E-state index contributed by atoms with van der Waals surface area (Å²) >= 11 is 0. The molecule has 0 saturated carbocycles. The lowest BCUT2D eigenvalue weighted by Gasteiger charge is -2.21. The molecule has 2 nitrogen and oxygen atoms in total. The predicted molar refractivity (Wildman–Crippen MR) is 46.7 cm³/mol. The SMILES string of the molecule is CCC1CNCC(C)(C)CO1. The zero-order valence-electron chi connectivity index (χ0n) is 7.81. The summed E-state index contributed by atoms with van der Waals surface area (Å²) in [5.74, 6) is 0. The van der Waals surface area contributed by atoms with Gasteiger partial charge in [-0.15, -0.1) is 0 Å². The Morgan fingerprint density at radius 3 is 2.91 bits per heavy atom. The van der Waals surface area contributed by atoms with Crippen LogP contribution in [0.25, 0.3) is 0 Å². The highest BCUT2D eigenvalue weighted by Gasteiger charge is 2.23. The molecule has 0 spiro atoms. The summed E-state index contributed by atoms with van der Waals surface area (Å²) in [5.41, 5.74) is 0.309. The van der Waals surface area contributed by atoms with E-state index < -0.39 is 0 Å². The van der Waals surface area contributed by atoms with Crippen molar-refractivity contribution in [3.63, 3.8) is 0 Å². The molecular weight excluding hydrogens is 138 g/mol. The van der Waals surface area contributed by atoms with Crippen molar-refractivity contribution in [3.05, 3.63) is 0 Å². The van der Waals surface area contributed by atoms with Gasteiger partial charge in [0.15, 0.2) is 0 Å². The van der Waals surface area contributed by atoms with Crippen molar-refractivity contribution < 1.29 is 4.74 Å². The molecule has 11 heavy (non-hydrogen) atoms. The molecule has 0 aromatic heterocycles. The van der Waals surface area contributed by atoms with Crippen LogP contribution < -0.4 is 5.32 Å². The van der Waals surface area contributed by atoms with E-state index in [9.17, 15) is 0 Å². The van der Waals surface area contributed by atoms with Gasteiger partial charge in [0.1, 0.15) is 0 Å². The van der Waals surface area contributed by atoms with E-state index in [0.29, 0.717) is 11.5 Å². The first-order valence-corrected chi connectivity index (χ1v) is 4.46. The highest BCUT2D eigenvalue weighted by Crippen LogP contribution is 2.18. The molecule has 1 aliphatic rings. The van der Waals surface area contributed by atoms with Gasteiger partial charge >= 0.3 is 0 Å². The fraction of sp³-hybridized carbons (Fsp3) is 1.00. The first kappa shape index (κ1) is 9.01. The molecule has 0 aromatic rings. The molecule has 1 atom stereocenters. The van der Waals surface area contributed by atoms with E-state index in [-0.39, 0.29) is 0 Å². The van der Waals surface area contributed by atoms with Crippen LogP contribution in [0.15, 0.2) is 0 Å². The van der Waals surface area contributed by atoms with Crippen LogP contribution in [0.1, 0.15) is 27.2 Å². The van der Waals surface area contributed by atoms with E-state index in [1.165, 1.54) is 0 Å². The Kier molecular flexibility index (Phi) is 2.90. The van der Waals surface area contributed by atoms with Crippen LogP contribution in [0.3, 0.4) is 0 Å². The Hall–Kier alpha value is -0.0800. The van der Waals surface area contributed by atoms with Gasteiger partial charge in [-0.05, 0) is 6.42 Å². The zero-order chi connectivity index (χ0) is 8.32. The van der Waals surface area contributed by atoms with Crippen molar-refractivity contribution in [1.29, 1.82) is 0 Å². The summed E-state index contributed by atoms with van der Waals surface area (Å²) in [7, 11) is 0. The van der Waals surface area contributed by atoms with E-state index in [4.69, 9.17) is 4.74 Å². The highest BCUT2D eigenvalue weighted by atomic mass is 16.5. The lowest BCUT2D eigenvalue weighted by molar-refractivity contribution is 0.0251. The largest absolute Gasteiger partial charge is 0.376 e. The maximum atomic E-state index is 5.70. The molecule has 2 heteroatoms. The van der Waals surface area contributed by atoms with Crippen molar-refractivity contribution in [2.24, 2.45) is 5.41 Å². The van der Waals surface area contributed by atoms with Gasteiger partial charge in [-0.25, -0.2) is 0 Å². The third-order valence-corrected chi connectivity index (χ3v) is 2.14. The van der Waals surface area contributed by atoms with Crippen molar-refractivity contribution in [3.8, 4) is 0 Å². The van der Waals surface area contributed by atoms with E-state index in [1.807, 2.05) is 0 Å². The van der Waals surface area contributed by atoms with Gasteiger partial charge in [-0.1, -0.05) is 20.8 Å². The average Bonchev–Trinajstić information content (AvgIpc) is 2.10. The molecule has 0 bridgehead atoms. The van der Waals surface area contributed by atoms with Crippen LogP contribution in [0.2, 0.25) is 0 Å². The summed E-state index contributed by atoms with van der Waals surface area (Å²) in [6.07, 6.45) is 1.54. The van der Waals surface area contributed by atoms with Gasteiger partial charge in [0, 0.05) is 18.5 Å². The summed E-state index contributed by atoms with van der Waals surface area (Å²) in [6.45, 7) is 9.61. The Labute approximate surface area is 69.3 Å². The molecule has 0 amide bonds. The van der Waals surface area contributed by atoms with Crippen molar-refractivity contribution in [2.75, 3.05) is 19.7 Å². The molecule has 1 rings (SSSR count). The van der Waals surface area contributed by atoms with Crippen molar-refractivity contribution >= 4 is 0 Å². The molecule has 1 unspecified atom stereocenters. The number of nitrogens with one attached hydrogen (secondary N) is 1. The fourth-order valence-electron chi connectivity index (χ4n) is 1.29. The normalized spacial score (nSPS) is 31.4. The second-order valence-electron chi connectivity index (χ2n) is 4.14. The Morgan fingerprint density at radius 2 is 2.27 bits per heavy atom. The number of hydrogen-bond acceptors (Lipinski definition) is 2. The standard InChI is InChI=1S/C9H19NO/c1-4-8-5-10-6-9(2,3)7-11-8/h8,10H,4-7H2,1-3H3. The van der Waals surface area contributed by atoms with Crippen LogP contribution in [-0.4, -0.2) is 25.8 Å². The van der Waals surface area contributed by atoms with Crippen LogP contribution in [-0.2, 0) is 4.74 Å². The summed E-state index contributed by atoms with van der Waals surface area (Å²) < 4.78 is 5.70. The van der Waals surface area contributed by atoms with Gasteiger partial charge in [0.05, 0.1) is 12.7 Å². The summed E-state index contributed by atoms with van der Waals surface area (Å²) in [4.78, 5) is 0. The van der Waals surface area contributed by atoms with Crippen LogP contribution >= 0.6 is 0 Å². The van der Waals surface area contributed by atoms with Crippen LogP contribution in [0.5, 0.6) is 0 Å². The Bertz CT molecular complexity index is 123. The molecule has 0 aromatic carbocycles. The topological polar surface area (TPSA) is 21.3 Å². The monoisotopic (exact) mass is 157 g/mol. The number of ether oxygens (including phenoxy) is 1. The van der Waals surface area contributed by atoms with Crippen LogP contribution in [0.4, 0.5) is 0 Å². The molecule has 1 aliphatic heterocycles. The lowest BCUT2D eigenvalue weighted by atomic mass is 9.95. The maximum Gasteiger partial charge on any atom is 0.0697 e. The smallest absolute Gasteiger partial charge is 0.0697 e. The van der Waals surface area contributed by atoms with Gasteiger partial charge in [-0.3, -0.25) is 0 Å². The molecule has 0 aliphatic carbocycles. The fourth-order valence-corrected chi connectivity index (χ4v) is 1.29. The third-order valence-electron chi connectivity index (χ3n) is 2.14. The molecule has 1 heterocycles. The Balaban J connectivity index is 2.39. The minimum absolute atomic E-state index is 0.309. The second-order valence-corrected chi connectivity index (χ2v) is 4.14. The van der Waals surface area contributed by atoms with Crippen LogP contribution in [0, 0.1) is 5.41 Å². The quantitative estimate of drug-likeness (QED) is 0.621. The van der Waals surface area contributed by atoms with Crippen molar-refractivity contribution in [1.82, 2.24) is 5.32 Å². The van der Waals surface area contributed by atoms with E-state index in [0.717, 1.165) is 26.1 Å². The lowest BCUT2D eigenvalue weighted by Crippen LogP contribution is -2.30. The molecular formula is C9H19NO. The van der Waals surface area contributed by atoms with E-state index >= 15 is 0 Å². The molecule has 1 saturated heterocycles. The Morgan fingerprint density at radius 1 is 1.55 bits per heavy atom. The predicted octanol–water partition coefficient (Wildman–Crippen LogP) is 1.41. The second kappa shape index (κ2) is 3.55. The van der Waals surface area contributed by atoms with Gasteiger partial charge < -0.3 is 10.1 Å². The molecule has 1 fully saturated rings. The summed E-state index contributed by atoms with van der Waals surface area (Å²) in [5, 5.41) is 3.41. The molecule has 66 valence electrons. The van der Waals surface area contributed by atoms with Crippen molar-refractivity contribution in [2.45, 2.75) is 33.3 Å². The van der Waals surface area contributed by atoms with Gasteiger partial charge in [0.2, 0.25) is 0 Å². The summed E-state index contributed by atoms with van der Waals surface area (Å²) in [6, 6.07) is 0. The van der Waals surface area contributed by atoms with Gasteiger partial charge in [-0.2, -0.15) is 0 Å². The molecule has 1 N–H and O–H groups in total. The minimum atomic E-state index is 0.309. The maximum absolute atomic E-state index is 5.70. The first-order chi connectivity index (χ1) is 5.14. The average molecular weight is 157 g/mol. The van der Waals surface area contributed by atoms with Gasteiger partial charge in [0.25, 0.3) is 0 Å². The third kappa shape index (κ3) is 2.80. The minimum Gasteiger partial charge on any atom is -0.376 e. The molecule has 0 radical (unpaired) electrons.